The Morgan fingerprint density at radius 2 is 1.63 bits per heavy atom. The Morgan fingerprint density at radius 1 is 1.00 bits per heavy atom. The van der Waals surface area contributed by atoms with Gasteiger partial charge in [-0.05, 0) is 56.7 Å². The van der Waals surface area contributed by atoms with Crippen molar-refractivity contribution in [2.24, 2.45) is 0 Å². The molecule has 0 atom stereocenters. The van der Waals surface area contributed by atoms with Gasteiger partial charge in [0.2, 0.25) is 0 Å². The average Bonchev–Trinajstić information content (AvgIpc) is 2.97. The first kappa shape index (κ1) is 21.1. The van der Waals surface area contributed by atoms with E-state index in [1.807, 2.05) is 27.7 Å². The third kappa shape index (κ3) is 3.10. The van der Waals surface area contributed by atoms with E-state index >= 15 is 0 Å². The second kappa shape index (κ2) is 6.69. The van der Waals surface area contributed by atoms with E-state index in [2.05, 4.69) is 0 Å². The van der Waals surface area contributed by atoms with Crippen LogP contribution in [0.2, 0.25) is 0 Å². The number of nitrogens with zero attached hydrogens (tertiary/aromatic N) is 1. The molecule has 0 aromatic heterocycles. The fraction of sp³-hybridized carbons (Fsp3) is 0.381. The second-order valence-corrected chi connectivity index (χ2v) is 8.82. The molecule has 150 valence electrons. The predicted octanol–water partition coefficient (Wildman–Crippen LogP) is 2.37. The summed E-state index contributed by atoms with van der Waals surface area (Å²) in [6.45, 7) is 7.44. The minimum atomic E-state index is -1.88. The number of hydrogen-bond donors (Lipinski definition) is 0. The molecule has 2 aromatic rings. The number of benzene rings is 2. The molecule has 0 aliphatic carbocycles. The second-order valence-electron chi connectivity index (χ2n) is 8.82. The lowest BCUT2D eigenvalue weighted by molar-refractivity contribution is 0.00578. The van der Waals surface area contributed by atoms with Crippen LogP contribution >= 0.6 is 0 Å². The first-order valence-corrected chi connectivity index (χ1v) is 9.68. The van der Waals surface area contributed by atoms with Crippen molar-refractivity contribution in [3.8, 4) is 0 Å². The summed E-state index contributed by atoms with van der Waals surface area (Å²) in [7, 11) is 11.5. The van der Waals surface area contributed by atoms with Crippen molar-refractivity contribution in [3.05, 3.63) is 64.7 Å². The van der Waals surface area contributed by atoms with Gasteiger partial charge in [-0.3, -0.25) is 4.79 Å². The molecule has 0 saturated carbocycles. The molecular formula is C21H20B3F2NO3. The first-order valence-electron chi connectivity index (χ1n) is 9.68. The summed E-state index contributed by atoms with van der Waals surface area (Å²) >= 11 is 0. The van der Waals surface area contributed by atoms with Crippen LogP contribution in [0.1, 0.15) is 49.2 Å². The van der Waals surface area contributed by atoms with Crippen LogP contribution < -0.4 is 5.46 Å². The van der Waals surface area contributed by atoms with Gasteiger partial charge in [-0.15, -0.1) is 0 Å². The summed E-state index contributed by atoms with van der Waals surface area (Å²) in [6.07, 6.45) is 0. The third-order valence-corrected chi connectivity index (χ3v) is 6.27. The van der Waals surface area contributed by atoms with Crippen molar-refractivity contribution < 1.29 is 22.9 Å². The van der Waals surface area contributed by atoms with Crippen molar-refractivity contribution in [3.63, 3.8) is 0 Å². The molecule has 4 rings (SSSR count). The molecule has 9 heteroatoms. The van der Waals surface area contributed by atoms with Gasteiger partial charge in [-0.2, -0.15) is 0 Å². The normalized spacial score (nSPS) is 21.2. The molecule has 4 nitrogen and oxygen atoms in total. The maximum Gasteiger partial charge on any atom is 0.494 e. The molecular weight excluding hydrogens is 385 g/mol. The van der Waals surface area contributed by atoms with Gasteiger partial charge in [0.1, 0.15) is 11.6 Å². The molecule has 30 heavy (non-hydrogen) atoms. The summed E-state index contributed by atoms with van der Waals surface area (Å²) in [5.41, 5.74) is -0.411. The molecule has 2 heterocycles. The standard InChI is InChI=1S/C21H20B3F2NO3/c1-19(2)20(3,4)30-24(29-19)13-9-8-12(16(26)10-13)11-27-18(28)14-6-5-7-15(25)17(14)21(27,22)23/h5-10H,11H2,1-4H3. The van der Waals surface area contributed by atoms with Gasteiger partial charge >= 0.3 is 7.12 Å². The quantitative estimate of drug-likeness (QED) is 0.737. The molecule has 0 N–H and O–H groups in total. The Balaban J connectivity index is 1.60. The number of amides is 1. The highest BCUT2D eigenvalue weighted by molar-refractivity contribution is 6.62. The SMILES string of the molecule is [B]C1([B])c2c(F)cccc2C(=O)N1Cc1ccc(B2OC(C)(C)C(C)(C)O2)cc1F. The third-order valence-electron chi connectivity index (χ3n) is 6.27. The fourth-order valence-corrected chi connectivity index (χ4v) is 3.75. The van der Waals surface area contributed by atoms with Crippen molar-refractivity contribution in [1.82, 2.24) is 4.90 Å². The van der Waals surface area contributed by atoms with Crippen LogP contribution in [0.15, 0.2) is 36.4 Å². The number of halogens is 2. The Morgan fingerprint density at radius 3 is 2.20 bits per heavy atom. The van der Waals surface area contributed by atoms with Crippen LogP contribution in [0, 0.1) is 11.6 Å². The Kier molecular flexibility index (Phi) is 4.71. The smallest absolute Gasteiger partial charge is 0.399 e. The van der Waals surface area contributed by atoms with Crippen molar-refractivity contribution in [2.75, 3.05) is 0 Å². The van der Waals surface area contributed by atoms with Crippen LogP contribution in [0.5, 0.6) is 0 Å². The van der Waals surface area contributed by atoms with Gasteiger partial charge in [0.15, 0.2) is 0 Å². The lowest BCUT2D eigenvalue weighted by Gasteiger charge is -2.34. The van der Waals surface area contributed by atoms with Gasteiger partial charge in [0.05, 0.1) is 26.9 Å². The minimum absolute atomic E-state index is 0.0780. The monoisotopic (exact) mass is 405 g/mol. The Hall–Kier alpha value is -2.12. The highest BCUT2D eigenvalue weighted by Gasteiger charge is 2.52. The highest BCUT2D eigenvalue weighted by Crippen LogP contribution is 2.38. The van der Waals surface area contributed by atoms with Crippen LogP contribution in [0.3, 0.4) is 0 Å². The Labute approximate surface area is 177 Å². The number of hydrogen-bond acceptors (Lipinski definition) is 3. The first-order chi connectivity index (χ1) is 13.8. The van der Waals surface area contributed by atoms with E-state index in [9.17, 15) is 13.6 Å². The summed E-state index contributed by atoms with van der Waals surface area (Å²) in [6, 6.07) is 8.55. The van der Waals surface area contributed by atoms with Crippen molar-refractivity contribution in [1.29, 1.82) is 0 Å². The zero-order valence-electron chi connectivity index (χ0n) is 17.3. The zero-order valence-corrected chi connectivity index (χ0v) is 17.3. The minimum Gasteiger partial charge on any atom is -0.399 e. The predicted molar refractivity (Wildman–Crippen MR) is 112 cm³/mol. The molecule has 2 aliphatic rings. The Bertz CT molecular complexity index is 1030. The van der Waals surface area contributed by atoms with Crippen LogP contribution in [0.25, 0.3) is 0 Å². The van der Waals surface area contributed by atoms with Gasteiger partial charge in [0, 0.05) is 23.2 Å². The van der Waals surface area contributed by atoms with E-state index < -0.39 is 41.2 Å². The lowest BCUT2D eigenvalue weighted by atomic mass is 9.58. The summed E-state index contributed by atoms with van der Waals surface area (Å²) in [4.78, 5) is 13.8. The molecule has 0 bridgehead atoms. The van der Waals surface area contributed by atoms with Gasteiger partial charge < -0.3 is 14.2 Å². The van der Waals surface area contributed by atoms with E-state index in [1.54, 1.807) is 6.07 Å². The largest absolute Gasteiger partial charge is 0.494 e. The number of rotatable bonds is 3. The summed E-state index contributed by atoms with van der Waals surface area (Å²) in [5.74, 6) is -1.80. The molecule has 2 aliphatic heterocycles. The molecule has 1 fully saturated rings. The van der Waals surface area contributed by atoms with Gasteiger partial charge in [0.25, 0.3) is 5.91 Å². The molecule has 0 spiro atoms. The van der Waals surface area contributed by atoms with Crippen molar-refractivity contribution >= 4 is 34.2 Å². The average molecular weight is 405 g/mol. The van der Waals surface area contributed by atoms with Gasteiger partial charge in [-0.1, -0.05) is 18.2 Å². The van der Waals surface area contributed by atoms with Crippen LogP contribution in [-0.2, 0) is 21.2 Å². The summed E-state index contributed by atoms with van der Waals surface area (Å²) in [5, 5.41) is -1.88. The van der Waals surface area contributed by atoms with Gasteiger partial charge in [-0.25, -0.2) is 8.78 Å². The van der Waals surface area contributed by atoms with E-state index in [1.165, 1.54) is 30.3 Å². The van der Waals surface area contributed by atoms with E-state index in [0.29, 0.717) is 5.46 Å². The molecule has 1 amide bonds. The van der Waals surface area contributed by atoms with E-state index in [0.717, 1.165) is 4.90 Å². The zero-order chi connectivity index (χ0) is 22.1. The highest BCUT2D eigenvalue weighted by atomic mass is 19.1. The molecule has 4 radical (unpaired) electrons. The van der Waals surface area contributed by atoms with E-state index in [4.69, 9.17) is 25.0 Å². The molecule has 1 saturated heterocycles. The maximum atomic E-state index is 14.9. The maximum absolute atomic E-state index is 14.9. The van der Waals surface area contributed by atoms with E-state index in [-0.39, 0.29) is 23.2 Å². The molecule has 2 aromatic carbocycles. The van der Waals surface area contributed by atoms with Crippen molar-refractivity contribution in [2.45, 2.75) is 50.8 Å². The topological polar surface area (TPSA) is 38.8 Å². The molecule has 0 unspecified atom stereocenters. The number of carbonyl (C=O) groups excluding carboxylic acids is 1. The number of fused-ring (bicyclic) bond motifs is 1. The van der Waals surface area contributed by atoms with Crippen LogP contribution in [-0.4, -0.2) is 44.8 Å². The fourth-order valence-electron chi connectivity index (χ4n) is 3.75. The lowest BCUT2D eigenvalue weighted by Crippen LogP contribution is -2.45. The number of carbonyl (C=O) groups is 1. The van der Waals surface area contributed by atoms with Crippen LogP contribution in [0.4, 0.5) is 8.78 Å². The summed E-state index contributed by atoms with van der Waals surface area (Å²) < 4.78 is 41.1.